The van der Waals surface area contributed by atoms with Crippen molar-refractivity contribution < 1.29 is 27.3 Å². The quantitative estimate of drug-likeness (QED) is 0.511. The Kier molecular flexibility index (Phi) is 8.79. The van der Waals surface area contributed by atoms with Crippen LogP contribution in [0.1, 0.15) is 53.5 Å². The van der Waals surface area contributed by atoms with Crippen LogP contribution in [0.2, 0.25) is 0 Å². The molecule has 0 fully saturated rings. The summed E-state index contributed by atoms with van der Waals surface area (Å²) in [5.74, 6) is 0.446. The zero-order valence-corrected chi connectivity index (χ0v) is 18.4. The van der Waals surface area contributed by atoms with Crippen molar-refractivity contribution in [3.05, 3.63) is 51.2 Å². The normalized spacial score (nSPS) is 14.1. The van der Waals surface area contributed by atoms with E-state index in [1.165, 1.54) is 15.5 Å². The molecule has 0 radical (unpaired) electrons. The van der Waals surface area contributed by atoms with Crippen molar-refractivity contribution >= 4 is 24.8 Å². The van der Waals surface area contributed by atoms with Crippen LogP contribution in [0.3, 0.4) is 0 Å². The molecule has 1 aliphatic carbocycles. The van der Waals surface area contributed by atoms with Crippen molar-refractivity contribution in [1.82, 2.24) is 0 Å². The van der Waals surface area contributed by atoms with E-state index < -0.39 is 19.5 Å². The fraction of sp³-hybridized carbons (Fsp3) is 0.474. The van der Waals surface area contributed by atoms with Gasteiger partial charge < -0.3 is 0 Å². The zero-order chi connectivity index (χ0) is 16.5. The van der Waals surface area contributed by atoms with E-state index in [4.69, 9.17) is 3.32 Å². The van der Waals surface area contributed by atoms with Gasteiger partial charge in [-0.1, -0.05) is 0 Å². The Morgan fingerprint density at radius 1 is 0.958 bits per heavy atom. The van der Waals surface area contributed by atoms with Gasteiger partial charge in [0, 0.05) is 0 Å². The smallest absolute Gasteiger partial charge is 0.147 e. The number of rotatable bonds is 3. The molecule has 134 valence electrons. The molecule has 0 unspecified atom stereocenters. The molecule has 0 amide bonds. The standard InChI is InChI=1S/C10H13FO.C9H13.2ClH.Ti/c1-10(2,3)7-4-8(11)6-9(12)5-7;1-9(2,3)8-6-4-5-7-8;;;/h4-6,12H,1-3H3;4,6H,5H2,1-3H3;2*1H;/q;;;;+1/p-1. The van der Waals surface area contributed by atoms with Crippen molar-refractivity contribution in [2.45, 2.75) is 53.4 Å². The van der Waals surface area contributed by atoms with Crippen LogP contribution in [-0.4, -0.2) is 0 Å². The van der Waals surface area contributed by atoms with E-state index in [1.54, 1.807) is 6.07 Å². The van der Waals surface area contributed by atoms with Crippen molar-refractivity contribution in [3.8, 4) is 5.75 Å². The van der Waals surface area contributed by atoms with E-state index in [-0.39, 0.29) is 41.5 Å². The minimum Gasteiger partial charge on any atom is -0.147 e. The summed E-state index contributed by atoms with van der Waals surface area (Å²) in [5, 5.41) is 0. The molecule has 0 aromatic heterocycles. The summed E-state index contributed by atoms with van der Waals surface area (Å²) in [7, 11) is 0. The van der Waals surface area contributed by atoms with Crippen LogP contribution < -0.4 is 3.32 Å². The van der Waals surface area contributed by atoms with Crippen LogP contribution in [0.4, 0.5) is 4.39 Å². The third-order valence-corrected chi connectivity index (χ3v) is 5.42. The minimum absolute atomic E-state index is 0. The average Bonchev–Trinajstić information content (AvgIpc) is 2.83. The Hall–Kier alpha value is -0.276. The average molecular weight is 409 g/mol. The van der Waals surface area contributed by atoms with Crippen LogP contribution in [0.15, 0.2) is 39.8 Å². The summed E-state index contributed by atoms with van der Waals surface area (Å²) >= 11 is -0.725. The van der Waals surface area contributed by atoms with Gasteiger partial charge in [0.05, 0.1) is 0 Å². The molecule has 1 nitrogen and oxygen atoms in total. The van der Waals surface area contributed by atoms with Crippen molar-refractivity contribution in [1.29, 1.82) is 0 Å². The van der Waals surface area contributed by atoms with Crippen LogP contribution in [-0.2, 0) is 25.0 Å². The van der Waals surface area contributed by atoms with Gasteiger partial charge in [0.25, 0.3) is 0 Å². The number of hydrogen-bond acceptors (Lipinski definition) is 1. The van der Waals surface area contributed by atoms with Gasteiger partial charge in [-0.15, -0.1) is 24.8 Å². The van der Waals surface area contributed by atoms with Gasteiger partial charge in [-0.25, -0.2) is 0 Å². The topological polar surface area (TPSA) is 9.23 Å². The Morgan fingerprint density at radius 2 is 1.58 bits per heavy atom. The summed E-state index contributed by atoms with van der Waals surface area (Å²) in [6, 6.07) is 5.08. The largest absolute Gasteiger partial charge is 0.147 e. The maximum absolute atomic E-state index is 13.8. The molecule has 0 aliphatic heterocycles. The first-order valence-corrected chi connectivity index (χ1v) is 9.13. The fourth-order valence-electron chi connectivity index (χ4n) is 2.48. The Labute approximate surface area is 167 Å². The predicted molar refractivity (Wildman–Crippen MR) is 100 cm³/mol. The van der Waals surface area contributed by atoms with Gasteiger partial charge in [0.1, 0.15) is 0 Å². The molecule has 1 aliphatic rings. The van der Waals surface area contributed by atoms with Crippen molar-refractivity contribution in [2.75, 3.05) is 0 Å². The first kappa shape index (κ1) is 23.7. The van der Waals surface area contributed by atoms with Gasteiger partial charge in [0.2, 0.25) is 0 Å². The SMILES string of the molecule is CC(C)(C)C1=[C]([Ti][O]c2cc(F)cc(C(C)(C)C)c2)CC=C1.Cl.Cl. The molecule has 0 N–H and O–H groups in total. The first-order valence-electron chi connectivity index (χ1n) is 7.71. The summed E-state index contributed by atoms with van der Waals surface area (Å²) < 4.78 is 21.3. The molecule has 0 bridgehead atoms. The third kappa shape index (κ3) is 6.22. The summed E-state index contributed by atoms with van der Waals surface area (Å²) in [4.78, 5) is 0. The van der Waals surface area contributed by atoms with E-state index in [1.807, 2.05) is 6.07 Å². The van der Waals surface area contributed by atoms with E-state index >= 15 is 0 Å². The molecule has 5 heteroatoms. The molecule has 0 heterocycles. The molecule has 24 heavy (non-hydrogen) atoms. The summed E-state index contributed by atoms with van der Waals surface area (Å²) in [6.45, 7) is 12.9. The van der Waals surface area contributed by atoms with Gasteiger partial charge >= 0.3 is 143 Å². The number of benzene rings is 1. The molecule has 1 aromatic rings. The maximum atomic E-state index is 13.8. The van der Waals surface area contributed by atoms with Crippen molar-refractivity contribution in [2.24, 2.45) is 5.41 Å². The van der Waals surface area contributed by atoms with Crippen LogP contribution >= 0.6 is 24.8 Å². The van der Waals surface area contributed by atoms with Gasteiger partial charge in [0.15, 0.2) is 0 Å². The van der Waals surface area contributed by atoms with Crippen molar-refractivity contribution in [3.63, 3.8) is 0 Å². The van der Waals surface area contributed by atoms with E-state index in [2.05, 4.69) is 53.7 Å². The minimum atomic E-state index is -0.725. The fourth-order valence-corrected chi connectivity index (χ4v) is 4.24. The summed E-state index contributed by atoms with van der Waals surface area (Å²) in [6.07, 6.45) is 5.40. The predicted octanol–water partition coefficient (Wildman–Crippen LogP) is 6.60. The molecule has 0 atom stereocenters. The zero-order valence-electron chi connectivity index (χ0n) is 15.2. The molecule has 2 rings (SSSR count). The molecule has 0 saturated heterocycles. The second-order valence-corrected chi connectivity index (χ2v) is 9.46. The van der Waals surface area contributed by atoms with E-state index in [9.17, 15) is 4.39 Å². The summed E-state index contributed by atoms with van der Waals surface area (Å²) in [5.41, 5.74) is 2.43. The Balaban J connectivity index is 0.00000264. The molecule has 0 saturated carbocycles. The third-order valence-electron chi connectivity index (χ3n) is 3.77. The van der Waals surface area contributed by atoms with Crippen LogP contribution in [0, 0.1) is 11.2 Å². The van der Waals surface area contributed by atoms with Gasteiger partial charge in [-0.2, -0.15) is 0 Å². The second kappa shape index (κ2) is 8.89. The molecule has 1 aromatic carbocycles. The van der Waals surface area contributed by atoms with Crippen LogP contribution in [0.5, 0.6) is 5.75 Å². The Bertz CT molecular complexity index is 625. The van der Waals surface area contributed by atoms with E-state index in [0.29, 0.717) is 5.75 Å². The second-order valence-electron chi connectivity index (χ2n) is 7.88. The molecular weight excluding hydrogens is 382 g/mol. The maximum Gasteiger partial charge on any atom is -0.147 e. The first-order chi connectivity index (χ1) is 10.1. The van der Waals surface area contributed by atoms with Gasteiger partial charge in [-0.3, -0.25) is 0 Å². The molecular formula is C19H27Cl2FOTi. The van der Waals surface area contributed by atoms with Crippen LogP contribution in [0.25, 0.3) is 0 Å². The number of allylic oxidation sites excluding steroid dienone is 4. The number of halogens is 3. The van der Waals surface area contributed by atoms with Gasteiger partial charge in [-0.05, 0) is 0 Å². The number of hydrogen-bond donors (Lipinski definition) is 0. The Morgan fingerprint density at radius 3 is 2.12 bits per heavy atom. The molecule has 0 spiro atoms. The monoisotopic (exact) mass is 408 g/mol. The van der Waals surface area contributed by atoms with E-state index in [0.717, 1.165) is 12.0 Å².